The van der Waals surface area contributed by atoms with Gasteiger partial charge in [-0.3, -0.25) is 4.90 Å². The van der Waals surface area contributed by atoms with Crippen LogP contribution in [0, 0.1) is 5.92 Å². The van der Waals surface area contributed by atoms with Crippen LogP contribution < -0.4 is 4.74 Å². The summed E-state index contributed by atoms with van der Waals surface area (Å²) in [5.41, 5.74) is 2.68. The lowest BCUT2D eigenvalue weighted by Crippen LogP contribution is -2.35. The Morgan fingerprint density at radius 1 is 1.40 bits per heavy atom. The van der Waals surface area contributed by atoms with Gasteiger partial charge in [-0.25, -0.2) is 0 Å². The van der Waals surface area contributed by atoms with Crippen molar-refractivity contribution in [2.45, 2.75) is 32.2 Å². The van der Waals surface area contributed by atoms with E-state index in [1.165, 1.54) is 41.5 Å². The van der Waals surface area contributed by atoms with Crippen LogP contribution >= 0.6 is 27.5 Å². The molecule has 1 fully saturated rings. The molecule has 2 heterocycles. The normalized spacial score (nSPS) is 22.6. The van der Waals surface area contributed by atoms with Gasteiger partial charge in [-0.1, -0.05) is 15.9 Å². The summed E-state index contributed by atoms with van der Waals surface area (Å²) in [6.45, 7) is 4.20. The third-order valence-corrected chi connectivity index (χ3v) is 5.02. The fraction of sp³-hybridized carbons (Fsp3) is 0.625. The molecule has 1 saturated heterocycles. The molecule has 1 aromatic carbocycles. The number of hydrogen-bond donors (Lipinski definition) is 0. The lowest BCUT2D eigenvalue weighted by molar-refractivity contribution is 0.163. The van der Waals surface area contributed by atoms with Crippen LogP contribution in [0.15, 0.2) is 16.6 Å². The minimum atomic E-state index is 0.766. The van der Waals surface area contributed by atoms with Gasteiger partial charge in [-0.2, -0.15) is 0 Å². The van der Waals surface area contributed by atoms with E-state index < -0.39 is 0 Å². The second kappa shape index (κ2) is 6.67. The molecule has 0 radical (unpaired) electrons. The molecule has 0 N–H and O–H groups in total. The van der Waals surface area contributed by atoms with Crippen molar-refractivity contribution in [1.29, 1.82) is 0 Å². The van der Waals surface area contributed by atoms with E-state index in [0.29, 0.717) is 0 Å². The maximum absolute atomic E-state index is 5.90. The monoisotopic (exact) mass is 357 g/mol. The van der Waals surface area contributed by atoms with Crippen LogP contribution in [0.2, 0.25) is 0 Å². The number of halogens is 2. The molecule has 2 nitrogen and oxygen atoms in total. The first kappa shape index (κ1) is 14.7. The van der Waals surface area contributed by atoms with Gasteiger partial charge < -0.3 is 4.74 Å². The van der Waals surface area contributed by atoms with Gasteiger partial charge in [0.15, 0.2) is 0 Å². The molecule has 0 spiro atoms. The molecule has 0 bridgehead atoms. The summed E-state index contributed by atoms with van der Waals surface area (Å²) in [7, 11) is 0. The van der Waals surface area contributed by atoms with Gasteiger partial charge in [0, 0.05) is 35.4 Å². The van der Waals surface area contributed by atoms with E-state index in [9.17, 15) is 0 Å². The highest BCUT2D eigenvalue weighted by Crippen LogP contribution is 2.34. The molecule has 1 aromatic rings. The van der Waals surface area contributed by atoms with Gasteiger partial charge in [-0.05, 0) is 49.4 Å². The van der Waals surface area contributed by atoms with Crippen molar-refractivity contribution in [3.63, 3.8) is 0 Å². The molecule has 2 aliphatic rings. The van der Waals surface area contributed by atoms with E-state index in [1.807, 2.05) is 0 Å². The fourth-order valence-corrected chi connectivity index (χ4v) is 4.25. The van der Waals surface area contributed by atoms with Crippen molar-refractivity contribution in [2.75, 3.05) is 25.6 Å². The highest BCUT2D eigenvalue weighted by atomic mass is 79.9. The Balaban J connectivity index is 1.71. The first-order chi connectivity index (χ1) is 9.76. The maximum atomic E-state index is 5.90. The van der Waals surface area contributed by atoms with E-state index >= 15 is 0 Å². The summed E-state index contributed by atoms with van der Waals surface area (Å²) in [5.74, 6) is 2.68. The average molecular weight is 359 g/mol. The van der Waals surface area contributed by atoms with Crippen LogP contribution in [0.25, 0.3) is 0 Å². The maximum Gasteiger partial charge on any atom is 0.127 e. The van der Waals surface area contributed by atoms with Crippen LogP contribution in [0.4, 0.5) is 0 Å². The molecule has 2 aliphatic heterocycles. The number of hydrogen-bond acceptors (Lipinski definition) is 2. The number of ether oxygens (including phenoxy) is 1. The van der Waals surface area contributed by atoms with E-state index in [-0.39, 0.29) is 0 Å². The van der Waals surface area contributed by atoms with Crippen molar-refractivity contribution in [2.24, 2.45) is 5.92 Å². The number of likely N-dealkylation sites (tertiary alicyclic amines) is 1. The van der Waals surface area contributed by atoms with Crippen molar-refractivity contribution in [1.82, 2.24) is 4.90 Å². The third kappa shape index (κ3) is 3.32. The predicted octanol–water partition coefficient (Wildman–Crippen LogP) is 4.22. The molecule has 1 unspecified atom stereocenters. The second-order valence-electron chi connectivity index (χ2n) is 5.87. The number of rotatable bonds is 4. The van der Waals surface area contributed by atoms with Gasteiger partial charge in [0.1, 0.15) is 5.75 Å². The SMILES string of the molecule is ClCCC1CCCN(Cc2cc(Br)cc3c2OCC3)C1. The van der Waals surface area contributed by atoms with Crippen molar-refractivity contribution in [3.05, 3.63) is 27.7 Å². The summed E-state index contributed by atoms with van der Waals surface area (Å²) >= 11 is 9.52. The molecule has 0 aliphatic carbocycles. The Kier molecular flexibility index (Phi) is 4.90. The Bertz CT molecular complexity index is 478. The van der Waals surface area contributed by atoms with Gasteiger partial charge in [0.25, 0.3) is 0 Å². The van der Waals surface area contributed by atoms with Gasteiger partial charge in [0.2, 0.25) is 0 Å². The van der Waals surface area contributed by atoms with Crippen LogP contribution in [0.1, 0.15) is 30.4 Å². The lowest BCUT2D eigenvalue weighted by Gasteiger charge is -2.32. The van der Waals surface area contributed by atoms with Crippen molar-refractivity contribution < 1.29 is 4.74 Å². The number of fused-ring (bicyclic) bond motifs is 1. The van der Waals surface area contributed by atoms with Crippen LogP contribution in [-0.4, -0.2) is 30.5 Å². The Hall–Kier alpha value is -0.250. The summed E-state index contributed by atoms with van der Waals surface area (Å²) in [5, 5.41) is 0. The molecule has 110 valence electrons. The second-order valence-corrected chi connectivity index (χ2v) is 7.17. The molecule has 0 amide bonds. The Morgan fingerprint density at radius 3 is 3.15 bits per heavy atom. The number of nitrogens with zero attached hydrogens (tertiary/aromatic N) is 1. The molecular weight excluding hydrogens is 338 g/mol. The zero-order valence-electron chi connectivity index (χ0n) is 11.7. The summed E-state index contributed by atoms with van der Waals surface area (Å²) in [4.78, 5) is 2.56. The molecule has 0 aromatic heterocycles. The largest absolute Gasteiger partial charge is 0.493 e. The van der Waals surface area contributed by atoms with E-state index in [1.54, 1.807) is 0 Å². The summed E-state index contributed by atoms with van der Waals surface area (Å²) in [6, 6.07) is 4.41. The van der Waals surface area contributed by atoms with Gasteiger partial charge >= 0.3 is 0 Å². The highest BCUT2D eigenvalue weighted by Gasteiger charge is 2.23. The molecule has 20 heavy (non-hydrogen) atoms. The van der Waals surface area contributed by atoms with Crippen LogP contribution in [0.3, 0.4) is 0 Å². The zero-order chi connectivity index (χ0) is 13.9. The molecule has 0 saturated carbocycles. The molecular formula is C16H21BrClNO. The van der Waals surface area contributed by atoms with Gasteiger partial charge in [-0.15, -0.1) is 11.6 Å². The molecule has 3 rings (SSSR count). The first-order valence-corrected chi connectivity index (χ1v) is 8.81. The predicted molar refractivity (Wildman–Crippen MR) is 86.7 cm³/mol. The minimum absolute atomic E-state index is 0.766. The van der Waals surface area contributed by atoms with E-state index in [2.05, 4.69) is 33.0 Å². The summed E-state index contributed by atoms with van der Waals surface area (Å²) in [6.07, 6.45) is 4.80. The molecule has 1 atom stereocenters. The van der Waals surface area contributed by atoms with Crippen LogP contribution in [0.5, 0.6) is 5.75 Å². The quantitative estimate of drug-likeness (QED) is 0.747. The number of piperidine rings is 1. The van der Waals surface area contributed by atoms with E-state index in [0.717, 1.165) is 43.5 Å². The number of alkyl halides is 1. The highest BCUT2D eigenvalue weighted by molar-refractivity contribution is 9.10. The van der Waals surface area contributed by atoms with Crippen LogP contribution in [-0.2, 0) is 13.0 Å². The zero-order valence-corrected chi connectivity index (χ0v) is 14.0. The van der Waals surface area contributed by atoms with Crippen molar-refractivity contribution in [3.8, 4) is 5.75 Å². The number of benzene rings is 1. The smallest absolute Gasteiger partial charge is 0.127 e. The third-order valence-electron chi connectivity index (χ3n) is 4.34. The summed E-state index contributed by atoms with van der Waals surface area (Å²) < 4.78 is 7.00. The lowest BCUT2D eigenvalue weighted by atomic mass is 9.95. The van der Waals surface area contributed by atoms with E-state index in [4.69, 9.17) is 16.3 Å². The fourth-order valence-electron chi connectivity index (χ4n) is 3.39. The van der Waals surface area contributed by atoms with Crippen molar-refractivity contribution >= 4 is 27.5 Å². The Morgan fingerprint density at radius 2 is 2.30 bits per heavy atom. The average Bonchev–Trinajstić information content (AvgIpc) is 2.87. The molecule has 4 heteroatoms. The Labute approximate surface area is 134 Å². The first-order valence-electron chi connectivity index (χ1n) is 7.48. The van der Waals surface area contributed by atoms with Gasteiger partial charge in [0.05, 0.1) is 6.61 Å². The standard InChI is InChI=1S/C16H21BrClNO/c17-15-8-13-4-7-20-16(13)14(9-15)11-19-6-1-2-12(10-19)3-5-18/h8-9,12H,1-7,10-11H2. The topological polar surface area (TPSA) is 12.5 Å². The minimum Gasteiger partial charge on any atom is -0.493 e.